The zero-order valence-corrected chi connectivity index (χ0v) is 12.7. The molecule has 88 valence electrons. The summed E-state index contributed by atoms with van der Waals surface area (Å²) in [5, 5.41) is 4.53. The monoisotopic (exact) mass is 376 g/mol. The van der Waals surface area contributed by atoms with Crippen LogP contribution in [0.2, 0.25) is 5.02 Å². The molecule has 1 aromatic carbocycles. The van der Waals surface area contributed by atoms with Crippen molar-refractivity contribution in [3.63, 3.8) is 0 Å². The Balaban J connectivity index is 2.51. The summed E-state index contributed by atoms with van der Waals surface area (Å²) in [5.41, 5.74) is 1.02. The molecule has 3 nitrogen and oxygen atoms in total. The summed E-state index contributed by atoms with van der Waals surface area (Å²) in [4.78, 5) is 12.3. The van der Waals surface area contributed by atoms with Crippen molar-refractivity contribution in [1.29, 1.82) is 0 Å². The number of rotatable bonds is 2. The van der Waals surface area contributed by atoms with Crippen LogP contribution in [0.5, 0.6) is 0 Å². The lowest BCUT2D eigenvalue weighted by molar-refractivity contribution is 0.102. The number of nitrogens with zero attached hydrogens (tertiary/aromatic N) is 2. The Hall–Kier alpha value is -0.650. The van der Waals surface area contributed by atoms with Crippen molar-refractivity contribution in [3.05, 3.63) is 49.6 Å². The van der Waals surface area contributed by atoms with Crippen LogP contribution in [0.25, 0.3) is 0 Å². The molecule has 0 aliphatic heterocycles. The fourth-order valence-electron chi connectivity index (χ4n) is 1.49. The van der Waals surface area contributed by atoms with Crippen LogP contribution in [0, 0.1) is 0 Å². The SMILES string of the molecule is Cn1ncc(Br)c1C(=O)c1cc(Cl)cc(Br)c1. The van der Waals surface area contributed by atoms with Crippen molar-refractivity contribution in [2.45, 2.75) is 0 Å². The molecule has 2 rings (SSSR count). The summed E-state index contributed by atoms with van der Waals surface area (Å²) >= 11 is 12.5. The van der Waals surface area contributed by atoms with Crippen LogP contribution in [-0.4, -0.2) is 15.6 Å². The lowest BCUT2D eigenvalue weighted by Crippen LogP contribution is -2.09. The minimum atomic E-state index is -0.125. The summed E-state index contributed by atoms with van der Waals surface area (Å²) in [6.45, 7) is 0. The van der Waals surface area contributed by atoms with Crippen LogP contribution in [0.4, 0.5) is 0 Å². The van der Waals surface area contributed by atoms with E-state index < -0.39 is 0 Å². The average molecular weight is 378 g/mol. The maximum Gasteiger partial charge on any atom is 0.212 e. The van der Waals surface area contributed by atoms with Crippen LogP contribution >= 0.6 is 43.5 Å². The molecule has 0 unspecified atom stereocenters. The fraction of sp³-hybridized carbons (Fsp3) is 0.0909. The van der Waals surface area contributed by atoms with Crippen LogP contribution in [0.3, 0.4) is 0 Å². The number of aromatic nitrogens is 2. The van der Waals surface area contributed by atoms with E-state index in [9.17, 15) is 4.79 Å². The van der Waals surface area contributed by atoms with Gasteiger partial charge in [0, 0.05) is 22.1 Å². The molecule has 0 aliphatic carbocycles. The van der Waals surface area contributed by atoms with Crippen LogP contribution in [0.1, 0.15) is 16.1 Å². The van der Waals surface area contributed by atoms with Gasteiger partial charge < -0.3 is 0 Å². The first-order chi connectivity index (χ1) is 7.99. The average Bonchev–Trinajstić information content (AvgIpc) is 2.56. The molecule has 1 heterocycles. The maximum atomic E-state index is 12.3. The van der Waals surface area contributed by atoms with E-state index in [1.807, 2.05) is 0 Å². The van der Waals surface area contributed by atoms with E-state index >= 15 is 0 Å². The van der Waals surface area contributed by atoms with E-state index in [4.69, 9.17) is 11.6 Å². The Kier molecular flexibility index (Phi) is 3.70. The minimum Gasteiger partial charge on any atom is -0.287 e. The number of carbonyl (C=O) groups excluding carboxylic acids is 1. The molecule has 1 aromatic heterocycles. The first-order valence-electron chi connectivity index (χ1n) is 4.67. The second-order valence-corrected chi connectivity index (χ2v) is 5.66. The van der Waals surface area contributed by atoms with Crippen molar-refractivity contribution >= 4 is 49.2 Å². The highest BCUT2D eigenvalue weighted by atomic mass is 79.9. The van der Waals surface area contributed by atoms with E-state index in [2.05, 4.69) is 37.0 Å². The molecule has 0 saturated heterocycles. The number of ketones is 1. The van der Waals surface area contributed by atoms with E-state index in [1.54, 1.807) is 31.4 Å². The third kappa shape index (κ3) is 2.61. The standard InChI is InChI=1S/C11H7Br2ClN2O/c1-16-10(9(13)5-15-16)11(17)6-2-7(12)4-8(14)3-6/h2-5H,1H3. The summed E-state index contributed by atoms with van der Waals surface area (Å²) in [5.74, 6) is -0.125. The van der Waals surface area contributed by atoms with Crippen molar-refractivity contribution in [3.8, 4) is 0 Å². The lowest BCUT2D eigenvalue weighted by Gasteiger charge is -2.04. The van der Waals surface area contributed by atoms with Gasteiger partial charge in [-0.05, 0) is 34.1 Å². The topological polar surface area (TPSA) is 34.9 Å². The number of aryl methyl sites for hydroxylation is 1. The van der Waals surface area contributed by atoms with Crippen molar-refractivity contribution in [1.82, 2.24) is 9.78 Å². The second kappa shape index (κ2) is 4.92. The maximum absolute atomic E-state index is 12.3. The number of benzene rings is 1. The third-order valence-electron chi connectivity index (χ3n) is 2.23. The molecule has 0 bridgehead atoms. The van der Waals surface area contributed by atoms with E-state index in [-0.39, 0.29) is 5.78 Å². The van der Waals surface area contributed by atoms with Gasteiger partial charge in [0.05, 0.1) is 10.7 Å². The smallest absolute Gasteiger partial charge is 0.212 e. The largest absolute Gasteiger partial charge is 0.287 e. The zero-order valence-electron chi connectivity index (χ0n) is 8.75. The van der Waals surface area contributed by atoms with Gasteiger partial charge in [-0.2, -0.15) is 5.10 Å². The fourth-order valence-corrected chi connectivity index (χ4v) is 2.88. The van der Waals surface area contributed by atoms with Crippen LogP contribution in [0.15, 0.2) is 33.3 Å². The highest BCUT2D eigenvalue weighted by molar-refractivity contribution is 9.10. The molecular formula is C11H7Br2ClN2O. The highest BCUT2D eigenvalue weighted by Gasteiger charge is 2.17. The summed E-state index contributed by atoms with van der Waals surface area (Å²) in [7, 11) is 1.72. The summed E-state index contributed by atoms with van der Waals surface area (Å²) in [6.07, 6.45) is 1.59. The Labute approximate surface area is 120 Å². The molecule has 0 radical (unpaired) electrons. The molecular weight excluding hydrogens is 371 g/mol. The third-order valence-corrected chi connectivity index (χ3v) is 3.49. The van der Waals surface area contributed by atoms with Crippen LogP contribution in [-0.2, 0) is 7.05 Å². The molecule has 0 saturated carbocycles. The molecule has 6 heteroatoms. The van der Waals surface area contributed by atoms with Crippen molar-refractivity contribution in [2.24, 2.45) is 7.05 Å². The Morgan fingerprint density at radius 3 is 2.59 bits per heavy atom. The van der Waals surface area contributed by atoms with Crippen molar-refractivity contribution < 1.29 is 4.79 Å². The second-order valence-electron chi connectivity index (χ2n) is 3.45. The molecule has 0 N–H and O–H groups in total. The van der Waals surface area contributed by atoms with Gasteiger partial charge in [0.25, 0.3) is 0 Å². The van der Waals surface area contributed by atoms with Gasteiger partial charge in [0.1, 0.15) is 5.69 Å². The van der Waals surface area contributed by atoms with Gasteiger partial charge in [-0.25, -0.2) is 0 Å². The normalized spacial score (nSPS) is 10.6. The lowest BCUT2D eigenvalue weighted by atomic mass is 10.1. The Morgan fingerprint density at radius 2 is 2.06 bits per heavy atom. The van der Waals surface area contributed by atoms with E-state index in [0.717, 1.165) is 4.47 Å². The van der Waals surface area contributed by atoms with Gasteiger partial charge in [-0.1, -0.05) is 27.5 Å². The molecule has 0 amide bonds. The Bertz CT molecular complexity index is 555. The first-order valence-corrected chi connectivity index (χ1v) is 6.63. The van der Waals surface area contributed by atoms with E-state index in [1.165, 1.54) is 4.68 Å². The predicted molar refractivity (Wildman–Crippen MR) is 73.5 cm³/mol. The minimum absolute atomic E-state index is 0.125. The number of carbonyl (C=O) groups is 1. The summed E-state index contributed by atoms with van der Waals surface area (Å²) < 4.78 is 2.97. The number of hydrogen-bond donors (Lipinski definition) is 0. The zero-order chi connectivity index (χ0) is 12.6. The van der Waals surface area contributed by atoms with Crippen LogP contribution < -0.4 is 0 Å². The van der Waals surface area contributed by atoms with Gasteiger partial charge in [-0.15, -0.1) is 0 Å². The van der Waals surface area contributed by atoms with Gasteiger partial charge >= 0.3 is 0 Å². The quantitative estimate of drug-likeness (QED) is 0.745. The predicted octanol–water partition coefficient (Wildman–Crippen LogP) is 3.83. The van der Waals surface area contributed by atoms with E-state index in [0.29, 0.717) is 20.8 Å². The molecule has 0 atom stereocenters. The van der Waals surface area contributed by atoms with Gasteiger partial charge in [-0.3, -0.25) is 9.48 Å². The van der Waals surface area contributed by atoms with Gasteiger partial charge in [0.2, 0.25) is 5.78 Å². The van der Waals surface area contributed by atoms with Gasteiger partial charge in [0.15, 0.2) is 0 Å². The van der Waals surface area contributed by atoms with Crippen molar-refractivity contribution in [2.75, 3.05) is 0 Å². The Morgan fingerprint density at radius 1 is 1.35 bits per heavy atom. The molecule has 17 heavy (non-hydrogen) atoms. The highest BCUT2D eigenvalue weighted by Crippen LogP contribution is 2.24. The first kappa shape index (κ1) is 12.8. The molecule has 0 fully saturated rings. The molecule has 0 aliphatic rings. The molecule has 0 spiro atoms. The number of hydrogen-bond acceptors (Lipinski definition) is 2. The summed E-state index contributed by atoms with van der Waals surface area (Å²) in [6, 6.07) is 5.10. The molecule has 2 aromatic rings. The number of halogens is 3.